The summed E-state index contributed by atoms with van der Waals surface area (Å²) in [6.45, 7) is 2.64. The van der Waals surface area contributed by atoms with Gasteiger partial charge in [0.25, 0.3) is 0 Å². The molecular formula is C11H24N2O2S. The van der Waals surface area contributed by atoms with Crippen molar-refractivity contribution in [2.24, 2.45) is 11.1 Å². The molecule has 0 aromatic rings. The number of sulfonamides is 1. The number of nitrogens with two attached hydrogens (primary N) is 1. The predicted octanol–water partition coefficient (Wildman–Crippen LogP) is 1.22. The van der Waals surface area contributed by atoms with Crippen molar-refractivity contribution in [3.05, 3.63) is 0 Å². The van der Waals surface area contributed by atoms with Crippen LogP contribution in [0.5, 0.6) is 0 Å². The van der Waals surface area contributed by atoms with E-state index in [2.05, 4.69) is 12.2 Å². The molecule has 1 unspecified atom stereocenters. The van der Waals surface area contributed by atoms with Crippen molar-refractivity contribution in [2.75, 3.05) is 12.3 Å². The fourth-order valence-corrected chi connectivity index (χ4v) is 2.97. The van der Waals surface area contributed by atoms with Crippen LogP contribution in [0.1, 0.15) is 45.4 Å². The number of primary sulfonamides is 1. The summed E-state index contributed by atoms with van der Waals surface area (Å²) in [6, 6.07) is 0.460. The van der Waals surface area contributed by atoms with Crippen molar-refractivity contribution < 1.29 is 8.42 Å². The highest BCUT2D eigenvalue weighted by atomic mass is 32.2. The van der Waals surface area contributed by atoms with Crippen molar-refractivity contribution >= 4 is 10.0 Å². The molecule has 0 amide bonds. The van der Waals surface area contributed by atoms with Gasteiger partial charge in [-0.25, -0.2) is 13.6 Å². The molecule has 0 heterocycles. The van der Waals surface area contributed by atoms with E-state index in [9.17, 15) is 8.42 Å². The van der Waals surface area contributed by atoms with Gasteiger partial charge in [-0.1, -0.05) is 26.2 Å². The van der Waals surface area contributed by atoms with Gasteiger partial charge in [0.15, 0.2) is 0 Å². The molecule has 1 atom stereocenters. The molecule has 0 radical (unpaired) electrons. The Morgan fingerprint density at radius 3 is 2.44 bits per heavy atom. The Labute approximate surface area is 99.0 Å². The Kier molecular flexibility index (Phi) is 5.72. The minimum absolute atomic E-state index is 0.0379. The quantitative estimate of drug-likeness (QED) is 0.742. The van der Waals surface area contributed by atoms with Gasteiger partial charge >= 0.3 is 0 Å². The summed E-state index contributed by atoms with van der Waals surface area (Å²) < 4.78 is 21.6. The van der Waals surface area contributed by atoms with E-state index >= 15 is 0 Å². The molecule has 5 heteroatoms. The van der Waals surface area contributed by atoms with Crippen LogP contribution >= 0.6 is 0 Å². The van der Waals surface area contributed by atoms with E-state index in [0.717, 1.165) is 12.3 Å². The Bertz CT molecular complexity index is 284. The van der Waals surface area contributed by atoms with E-state index in [-0.39, 0.29) is 5.75 Å². The summed E-state index contributed by atoms with van der Waals surface area (Å²) >= 11 is 0. The van der Waals surface area contributed by atoms with Crippen LogP contribution in [0.3, 0.4) is 0 Å². The van der Waals surface area contributed by atoms with Gasteiger partial charge in [-0.2, -0.15) is 0 Å². The average Bonchev–Trinajstić information content (AvgIpc) is 2.24. The Morgan fingerprint density at radius 2 is 1.94 bits per heavy atom. The number of hydrogen-bond acceptors (Lipinski definition) is 3. The molecule has 4 nitrogen and oxygen atoms in total. The fourth-order valence-electron chi connectivity index (χ4n) is 2.57. The lowest BCUT2D eigenvalue weighted by molar-refractivity contribution is 0.266. The molecule has 3 N–H and O–H groups in total. The molecule has 0 aromatic carbocycles. The van der Waals surface area contributed by atoms with E-state index in [1.807, 2.05) is 0 Å². The third-order valence-electron chi connectivity index (χ3n) is 3.45. The zero-order valence-corrected chi connectivity index (χ0v) is 10.9. The summed E-state index contributed by atoms with van der Waals surface area (Å²) in [4.78, 5) is 0. The third-order valence-corrected chi connectivity index (χ3v) is 4.22. The first-order chi connectivity index (χ1) is 7.53. The fraction of sp³-hybridized carbons (Fsp3) is 1.00. The van der Waals surface area contributed by atoms with Gasteiger partial charge in [-0.15, -0.1) is 0 Å². The molecule has 0 spiro atoms. The standard InChI is InChI=1S/C11H24N2O2S/c1-2-11(10-6-4-3-5-7-10)13-8-9-16(12,14)15/h10-11,13H,2-9H2,1H3,(H2,12,14,15). The first-order valence-corrected chi connectivity index (χ1v) is 7.98. The van der Waals surface area contributed by atoms with Crippen LogP contribution in [0.25, 0.3) is 0 Å². The second-order valence-electron chi connectivity index (χ2n) is 4.73. The smallest absolute Gasteiger partial charge is 0.210 e. The Hall–Kier alpha value is -0.130. The lowest BCUT2D eigenvalue weighted by atomic mass is 9.83. The van der Waals surface area contributed by atoms with Crippen LogP contribution < -0.4 is 10.5 Å². The van der Waals surface area contributed by atoms with Crippen LogP contribution in [-0.4, -0.2) is 26.8 Å². The van der Waals surface area contributed by atoms with Gasteiger partial charge in [0.1, 0.15) is 0 Å². The molecule has 0 saturated heterocycles. The summed E-state index contributed by atoms with van der Waals surface area (Å²) in [5.74, 6) is 0.759. The highest BCUT2D eigenvalue weighted by Gasteiger charge is 2.21. The number of nitrogens with one attached hydrogen (secondary N) is 1. The van der Waals surface area contributed by atoms with Crippen molar-refractivity contribution in [3.63, 3.8) is 0 Å². The van der Waals surface area contributed by atoms with E-state index in [4.69, 9.17) is 5.14 Å². The molecule has 1 fully saturated rings. The van der Waals surface area contributed by atoms with Crippen LogP contribution in [0, 0.1) is 5.92 Å². The maximum atomic E-state index is 10.8. The second-order valence-corrected chi connectivity index (χ2v) is 6.47. The Balaban J connectivity index is 2.30. The van der Waals surface area contributed by atoms with E-state index < -0.39 is 10.0 Å². The molecule has 1 rings (SSSR count). The molecule has 1 saturated carbocycles. The highest BCUT2D eigenvalue weighted by molar-refractivity contribution is 7.89. The van der Waals surface area contributed by atoms with Crippen LogP contribution in [0.2, 0.25) is 0 Å². The second kappa shape index (κ2) is 6.57. The molecule has 0 aromatic heterocycles. The average molecular weight is 248 g/mol. The molecule has 1 aliphatic rings. The van der Waals surface area contributed by atoms with E-state index in [1.165, 1.54) is 32.1 Å². The highest BCUT2D eigenvalue weighted by Crippen LogP contribution is 2.27. The van der Waals surface area contributed by atoms with Gasteiger partial charge in [0.05, 0.1) is 5.75 Å². The zero-order chi connectivity index (χ0) is 12.0. The minimum atomic E-state index is -3.32. The maximum absolute atomic E-state index is 10.8. The largest absolute Gasteiger partial charge is 0.313 e. The topological polar surface area (TPSA) is 72.2 Å². The minimum Gasteiger partial charge on any atom is -0.313 e. The maximum Gasteiger partial charge on any atom is 0.210 e. The monoisotopic (exact) mass is 248 g/mol. The van der Waals surface area contributed by atoms with E-state index in [0.29, 0.717) is 12.6 Å². The zero-order valence-electron chi connectivity index (χ0n) is 10.1. The lowest BCUT2D eigenvalue weighted by Gasteiger charge is -2.30. The van der Waals surface area contributed by atoms with Gasteiger partial charge in [0, 0.05) is 12.6 Å². The summed E-state index contributed by atoms with van der Waals surface area (Å²) in [5.41, 5.74) is 0. The molecule has 0 bridgehead atoms. The van der Waals surface area contributed by atoms with Gasteiger partial charge in [-0.05, 0) is 25.2 Å². The van der Waals surface area contributed by atoms with Gasteiger partial charge in [0.2, 0.25) is 10.0 Å². The predicted molar refractivity (Wildman–Crippen MR) is 66.6 cm³/mol. The first-order valence-electron chi connectivity index (χ1n) is 6.27. The van der Waals surface area contributed by atoms with Crippen molar-refractivity contribution in [2.45, 2.75) is 51.5 Å². The molecule has 96 valence electrons. The normalized spacial score (nSPS) is 20.9. The third kappa shape index (κ3) is 5.27. The van der Waals surface area contributed by atoms with Crippen LogP contribution in [0.4, 0.5) is 0 Å². The number of rotatable bonds is 6. The number of hydrogen-bond donors (Lipinski definition) is 2. The Morgan fingerprint density at radius 1 is 1.31 bits per heavy atom. The molecule has 1 aliphatic carbocycles. The van der Waals surface area contributed by atoms with Crippen molar-refractivity contribution in [1.29, 1.82) is 0 Å². The van der Waals surface area contributed by atoms with Crippen molar-refractivity contribution in [1.82, 2.24) is 5.32 Å². The molecule has 16 heavy (non-hydrogen) atoms. The summed E-state index contributed by atoms with van der Waals surface area (Å²) in [5, 5.41) is 8.31. The van der Waals surface area contributed by atoms with Crippen molar-refractivity contribution in [3.8, 4) is 0 Å². The van der Waals surface area contributed by atoms with Gasteiger partial charge < -0.3 is 5.32 Å². The summed E-state index contributed by atoms with van der Waals surface area (Å²) in [7, 11) is -3.32. The van der Waals surface area contributed by atoms with Gasteiger partial charge in [-0.3, -0.25) is 0 Å². The SMILES string of the molecule is CCC(NCCS(N)(=O)=O)C1CCCCC1. The van der Waals surface area contributed by atoms with Crippen LogP contribution in [0.15, 0.2) is 0 Å². The lowest BCUT2D eigenvalue weighted by Crippen LogP contribution is -2.40. The molecule has 0 aliphatic heterocycles. The summed E-state index contributed by atoms with van der Waals surface area (Å²) in [6.07, 6.45) is 7.61. The first kappa shape index (κ1) is 13.9. The molecular weight excluding hydrogens is 224 g/mol. The van der Waals surface area contributed by atoms with E-state index in [1.54, 1.807) is 0 Å². The van der Waals surface area contributed by atoms with Crippen LogP contribution in [-0.2, 0) is 10.0 Å².